The minimum atomic E-state index is 0. The Morgan fingerprint density at radius 2 is 0.909 bits per heavy atom. The first-order valence-electron chi connectivity index (χ1n) is 3.41. The fraction of sp³-hybridized carbons (Fsp3) is 0.750. The summed E-state index contributed by atoms with van der Waals surface area (Å²) in [5.41, 5.74) is 0. The summed E-state index contributed by atoms with van der Waals surface area (Å²) in [6.07, 6.45) is 4.56. The first-order chi connectivity index (χ1) is 3.83. The van der Waals surface area contributed by atoms with E-state index < -0.39 is 0 Å². The van der Waals surface area contributed by atoms with Crippen molar-refractivity contribution >= 4 is 0 Å². The SMILES string of the molecule is O.O.[CH2-]CCC.[CH2-]CCC.[Zr+2]. The second-order valence-electron chi connectivity index (χ2n) is 1.71. The minimum Gasteiger partial charge on any atom is -0.412 e. The smallest absolute Gasteiger partial charge is 0.412 e. The molecule has 11 heavy (non-hydrogen) atoms. The molecule has 0 bridgehead atoms. The Kier molecular flexibility index (Phi) is 122. The first kappa shape index (κ1) is 29.8. The van der Waals surface area contributed by atoms with Crippen LogP contribution in [0.1, 0.15) is 39.5 Å². The molecular formula is C8H22O2Zr. The van der Waals surface area contributed by atoms with Crippen LogP contribution in [0.4, 0.5) is 0 Å². The molecule has 70 valence electrons. The maximum absolute atomic E-state index is 3.60. The van der Waals surface area contributed by atoms with Gasteiger partial charge in [-0.3, -0.25) is 0 Å². The summed E-state index contributed by atoms with van der Waals surface area (Å²) in [6, 6.07) is 0. The largest absolute Gasteiger partial charge is 2.00 e. The van der Waals surface area contributed by atoms with E-state index in [2.05, 4.69) is 27.7 Å². The van der Waals surface area contributed by atoms with Gasteiger partial charge < -0.3 is 24.8 Å². The average molecular weight is 241 g/mol. The number of unbranched alkanes of at least 4 members (excludes halogenated alkanes) is 2. The quantitative estimate of drug-likeness (QED) is 0.659. The molecule has 0 fully saturated rings. The standard InChI is InChI=1S/2C4H9.2H2O.Zr/c2*1-3-4-2;;;/h2*1,3-4H2,2H3;2*1H2;/q2*-1;;;+2. The Labute approximate surface area is 90.5 Å². The number of hydrogen-bond donors (Lipinski definition) is 0. The zero-order valence-corrected chi connectivity index (χ0v) is 10.2. The molecule has 0 saturated carbocycles. The van der Waals surface area contributed by atoms with Gasteiger partial charge >= 0.3 is 26.2 Å². The van der Waals surface area contributed by atoms with Crippen molar-refractivity contribution in [2.24, 2.45) is 0 Å². The van der Waals surface area contributed by atoms with E-state index in [4.69, 9.17) is 0 Å². The molecule has 0 aliphatic carbocycles. The van der Waals surface area contributed by atoms with Crippen molar-refractivity contribution in [1.82, 2.24) is 0 Å². The molecule has 0 spiro atoms. The van der Waals surface area contributed by atoms with Crippen LogP contribution < -0.4 is 0 Å². The normalized spacial score (nSPS) is 5.45. The van der Waals surface area contributed by atoms with Crippen LogP contribution in [0.2, 0.25) is 0 Å². The predicted molar refractivity (Wildman–Crippen MR) is 47.8 cm³/mol. The Morgan fingerprint density at radius 3 is 0.909 bits per heavy atom. The van der Waals surface area contributed by atoms with Crippen LogP contribution in [0.5, 0.6) is 0 Å². The summed E-state index contributed by atoms with van der Waals surface area (Å²) < 4.78 is 0. The van der Waals surface area contributed by atoms with Gasteiger partial charge in [0, 0.05) is 0 Å². The van der Waals surface area contributed by atoms with Gasteiger partial charge in [-0.05, 0) is 0 Å². The maximum Gasteiger partial charge on any atom is 2.00 e. The van der Waals surface area contributed by atoms with Gasteiger partial charge in [0.25, 0.3) is 0 Å². The van der Waals surface area contributed by atoms with Crippen molar-refractivity contribution in [3.8, 4) is 0 Å². The van der Waals surface area contributed by atoms with E-state index in [1.165, 1.54) is 12.8 Å². The van der Waals surface area contributed by atoms with E-state index in [1.54, 1.807) is 0 Å². The molecule has 0 atom stereocenters. The Hall–Kier alpha value is 0.803. The minimum absolute atomic E-state index is 0. The average Bonchev–Trinajstić information content (AvgIpc) is 1.88. The third kappa shape index (κ3) is 107. The van der Waals surface area contributed by atoms with Crippen LogP contribution in [0, 0.1) is 13.8 Å². The molecule has 4 N–H and O–H groups in total. The van der Waals surface area contributed by atoms with Crippen molar-refractivity contribution in [3.05, 3.63) is 13.8 Å². The van der Waals surface area contributed by atoms with Crippen LogP contribution >= 0.6 is 0 Å². The van der Waals surface area contributed by atoms with Gasteiger partial charge in [0.2, 0.25) is 0 Å². The fourth-order valence-corrected chi connectivity index (χ4v) is 0. The molecule has 0 saturated heterocycles. The third-order valence-electron chi connectivity index (χ3n) is 0.707. The maximum atomic E-state index is 3.60. The van der Waals surface area contributed by atoms with E-state index >= 15 is 0 Å². The van der Waals surface area contributed by atoms with Gasteiger partial charge in [-0.15, -0.1) is 0 Å². The molecule has 3 heteroatoms. The van der Waals surface area contributed by atoms with E-state index in [0.717, 1.165) is 12.8 Å². The zero-order valence-electron chi connectivity index (χ0n) is 7.74. The molecule has 0 aromatic rings. The van der Waals surface area contributed by atoms with Crippen molar-refractivity contribution < 1.29 is 37.2 Å². The molecule has 0 aromatic carbocycles. The molecule has 0 aliphatic rings. The van der Waals surface area contributed by atoms with Gasteiger partial charge in [-0.2, -0.15) is 12.8 Å². The summed E-state index contributed by atoms with van der Waals surface area (Å²) in [7, 11) is 0. The van der Waals surface area contributed by atoms with Crippen molar-refractivity contribution in [1.29, 1.82) is 0 Å². The van der Waals surface area contributed by atoms with Gasteiger partial charge in [0.05, 0.1) is 0 Å². The van der Waals surface area contributed by atoms with E-state index in [0.29, 0.717) is 0 Å². The number of rotatable bonds is 2. The summed E-state index contributed by atoms with van der Waals surface area (Å²) >= 11 is 0. The van der Waals surface area contributed by atoms with Crippen LogP contribution in [-0.4, -0.2) is 11.0 Å². The van der Waals surface area contributed by atoms with E-state index in [9.17, 15) is 0 Å². The summed E-state index contributed by atoms with van der Waals surface area (Å²) in [5, 5.41) is 0. The Morgan fingerprint density at radius 1 is 0.818 bits per heavy atom. The monoisotopic (exact) mass is 240 g/mol. The van der Waals surface area contributed by atoms with Gasteiger partial charge in [-0.1, -0.05) is 26.7 Å². The van der Waals surface area contributed by atoms with Crippen molar-refractivity contribution in [2.75, 3.05) is 0 Å². The number of hydrogen-bond acceptors (Lipinski definition) is 0. The third-order valence-corrected chi connectivity index (χ3v) is 0.707. The molecular weight excluding hydrogens is 219 g/mol. The summed E-state index contributed by atoms with van der Waals surface area (Å²) in [6.45, 7) is 11.4. The van der Waals surface area contributed by atoms with Crippen molar-refractivity contribution in [2.45, 2.75) is 39.5 Å². The Balaban J connectivity index is -0.0000000171. The predicted octanol–water partition coefficient (Wildman–Crippen LogP) is 1.59. The molecule has 0 heterocycles. The van der Waals surface area contributed by atoms with Crippen LogP contribution in [0.3, 0.4) is 0 Å². The molecule has 0 amide bonds. The first-order valence-corrected chi connectivity index (χ1v) is 3.41. The van der Waals surface area contributed by atoms with Crippen LogP contribution in [-0.2, 0) is 26.2 Å². The van der Waals surface area contributed by atoms with Crippen LogP contribution in [0.25, 0.3) is 0 Å². The second-order valence-corrected chi connectivity index (χ2v) is 1.71. The van der Waals surface area contributed by atoms with Gasteiger partial charge in [0.15, 0.2) is 0 Å². The van der Waals surface area contributed by atoms with Crippen molar-refractivity contribution in [3.63, 3.8) is 0 Å². The molecule has 2 nitrogen and oxygen atoms in total. The fourth-order valence-electron chi connectivity index (χ4n) is 0. The Bertz CT molecular complexity index is 20.1. The summed E-state index contributed by atoms with van der Waals surface area (Å²) in [4.78, 5) is 0. The molecule has 0 radical (unpaired) electrons. The molecule has 0 rings (SSSR count). The van der Waals surface area contributed by atoms with Crippen LogP contribution in [0.15, 0.2) is 0 Å². The van der Waals surface area contributed by atoms with Gasteiger partial charge in [-0.25, -0.2) is 0 Å². The zero-order chi connectivity index (χ0) is 6.83. The molecule has 0 aliphatic heterocycles. The van der Waals surface area contributed by atoms with E-state index in [1.807, 2.05) is 0 Å². The van der Waals surface area contributed by atoms with Gasteiger partial charge in [0.1, 0.15) is 0 Å². The summed E-state index contributed by atoms with van der Waals surface area (Å²) in [5.74, 6) is 0. The van der Waals surface area contributed by atoms with E-state index in [-0.39, 0.29) is 37.2 Å². The molecule has 0 unspecified atom stereocenters. The second kappa shape index (κ2) is 45.0. The topological polar surface area (TPSA) is 63.0 Å². The molecule has 0 aromatic heterocycles.